The lowest BCUT2D eigenvalue weighted by Crippen LogP contribution is -2.32. The van der Waals surface area contributed by atoms with Gasteiger partial charge in [0.2, 0.25) is 0 Å². The summed E-state index contributed by atoms with van der Waals surface area (Å²) in [6.45, 7) is 0. The van der Waals surface area contributed by atoms with Crippen molar-refractivity contribution < 1.29 is 9.59 Å². The highest BCUT2D eigenvalue weighted by Crippen LogP contribution is 2.25. The molecule has 0 spiro atoms. The summed E-state index contributed by atoms with van der Waals surface area (Å²) >= 11 is 11.7. The molecule has 2 amide bonds. The van der Waals surface area contributed by atoms with E-state index in [0.717, 1.165) is 12.8 Å². The highest BCUT2D eigenvalue weighted by molar-refractivity contribution is 6.42. The smallest absolute Gasteiger partial charge is 0.316 e. The largest absolute Gasteiger partial charge is 0.329 e. The molecule has 0 bridgehead atoms. The Hall–Kier alpha value is -1.59. The van der Waals surface area contributed by atoms with E-state index >= 15 is 0 Å². The van der Waals surface area contributed by atoms with Crippen LogP contribution >= 0.6 is 23.2 Å². The summed E-state index contributed by atoms with van der Waals surface area (Å²) in [7, 11) is 0. The number of rotatable bonds is 3. The Balaban J connectivity index is 1.85. The van der Waals surface area contributed by atoms with Crippen LogP contribution in [0, 0.1) is 5.92 Å². The Morgan fingerprint density at radius 3 is 2.59 bits per heavy atom. The molecule has 5 nitrogen and oxygen atoms in total. The van der Waals surface area contributed by atoms with Gasteiger partial charge >= 0.3 is 11.8 Å². The summed E-state index contributed by atoms with van der Waals surface area (Å²) in [4.78, 5) is 23.4. The molecule has 0 heterocycles. The summed E-state index contributed by atoms with van der Waals surface area (Å²) in [5.74, 6) is -1.31. The summed E-state index contributed by atoms with van der Waals surface area (Å²) in [6.07, 6.45) is 7.46. The second kappa shape index (κ2) is 8.15. The van der Waals surface area contributed by atoms with E-state index in [1.165, 1.54) is 25.3 Å². The molecule has 0 radical (unpaired) electrons. The van der Waals surface area contributed by atoms with Crippen molar-refractivity contribution in [2.24, 2.45) is 11.0 Å². The Kier molecular flexibility index (Phi) is 6.21. The van der Waals surface area contributed by atoms with Crippen LogP contribution in [0.1, 0.15) is 32.1 Å². The van der Waals surface area contributed by atoms with E-state index in [-0.39, 0.29) is 5.69 Å². The van der Waals surface area contributed by atoms with Crippen LogP contribution in [-0.4, -0.2) is 18.0 Å². The van der Waals surface area contributed by atoms with Gasteiger partial charge in [0.25, 0.3) is 0 Å². The van der Waals surface area contributed by atoms with Gasteiger partial charge in [0.15, 0.2) is 0 Å². The van der Waals surface area contributed by atoms with Crippen LogP contribution in [0.5, 0.6) is 0 Å². The fraction of sp³-hybridized carbons (Fsp3) is 0.400. The average Bonchev–Trinajstić information content (AvgIpc) is 2.52. The maximum absolute atomic E-state index is 11.8. The monoisotopic (exact) mass is 341 g/mol. The Morgan fingerprint density at radius 2 is 1.86 bits per heavy atom. The van der Waals surface area contributed by atoms with Gasteiger partial charge in [-0.25, -0.2) is 5.43 Å². The fourth-order valence-electron chi connectivity index (χ4n) is 2.31. The Morgan fingerprint density at radius 1 is 1.14 bits per heavy atom. The topological polar surface area (TPSA) is 70.6 Å². The van der Waals surface area contributed by atoms with Crippen LogP contribution in [0.15, 0.2) is 23.3 Å². The van der Waals surface area contributed by atoms with E-state index in [1.54, 1.807) is 18.3 Å². The number of anilines is 1. The van der Waals surface area contributed by atoms with Crippen molar-refractivity contribution in [2.45, 2.75) is 32.1 Å². The van der Waals surface area contributed by atoms with Gasteiger partial charge in [-0.15, -0.1) is 0 Å². The zero-order valence-corrected chi connectivity index (χ0v) is 13.5. The predicted octanol–water partition coefficient (Wildman–Crippen LogP) is 3.61. The molecular weight excluding hydrogens is 325 g/mol. The zero-order valence-electron chi connectivity index (χ0n) is 11.9. The predicted molar refractivity (Wildman–Crippen MR) is 88.3 cm³/mol. The number of carbonyl (C=O) groups is 2. The third-order valence-corrected chi connectivity index (χ3v) is 4.05. The van der Waals surface area contributed by atoms with E-state index in [4.69, 9.17) is 23.2 Å². The fourth-order valence-corrected chi connectivity index (χ4v) is 2.64. The van der Waals surface area contributed by atoms with E-state index < -0.39 is 11.8 Å². The summed E-state index contributed by atoms with van der Waals surface area (Å²) < 4.78 is 0. The third kappa shape index (κ3) is 5.00. The lowest BCUT2D eigenvalue weighted by molar-refractivity contribution is -0.136. The third-order valence-electron chi connectivity index (χ3n) is 3.48. The molecule has 118 valence electrons. The zero-order chi connectivity index (χ0) is 15.9. The number of nitrogens with zero attached hydrogens (tertiary/aromatic N) is 1. The number of hydrogen-bond acceptors (Lipinski definition) is 3. The number of halogens is 2. The first-order valence-corrected chi connectivity index (χ1v) is 7.91. The quantitative estimate of drug-likeness (QED) is 0.500. The van der Waals surface area contributed by atoms with Gasteiger partial charge in [-0.1, -0.05) is 42.5 Å². The molecule has 7 heteroatoms. The number of carbonyl (C=O) groups excluding carboxylic acids is 2. The SMILES string of the molecule is O=C(N/N=C/C1CCCCC1)C(=O)Nc1cc(Cl)ccc1Cl. The van der Waals surface area contributed by atoms with Crippen molar-refractivity contribution in [3.05, 3.63) is 28.2 Å². The van der Waals surface area contributed by atoms with Gasteiger partial charge in [-0.05, 0) is 37.0 Å². The van der Waals surface area contributed by atoms with Gasteiger partial charge in [0, 0.05) is 11.2 Å². The van der Waals surface area contributed by atoms with Crippen LogP contribution in [0.25, 0.3) is 0 Å². The Labute approximate surface area is 139 Å². The van der Waals surface area contributed by atoms with Crippen molar-refractivity contribution in [1.82, 2.24) is 5.43 Å². The molecule has 0 saturated heterocycles. The van der Waals surface area contributed by atoms with E-state index in [0.29, 0.717) is 16.0 Å². The van der Waals surface area contributed by atoms with Crippen molar-refractivity contribution >= 4 is 46.9 Å². The molecular formula is C15H17Cl2N3O2. The maximum Gasteiger partial charge on any atom is 0.329 e. The summed E-state index contributed by atoms with van der Waals surface area (Å²) in [5, 5.41) is 6.97. The lowest BCUT2D eigenvalue weighted by Gasteiger charge is -2.16. The van der Waals surface area contributed by atoms with Gasteiger partial charge in [0.05, 0.1) is 10.7 Å². The molecule has 0 atom stereocenters. The number of nitrogens with one attached hydrogen (secondary N) is 2. The van der Waals surface area contributed by atoms with Crippen LogP contribution in [0.3, 0.4) is 0 Å². The molecule has 2 N–H and O–H groups in total. The first-order valence-electron chi connectivity index (χ1n) is 7.16. The minimum atomic E-state index is -0.844. The summed E-state index contributed by atoms with van der Waals surface area (Å²) in [6, 6.07) is 4.60. The number of hydrogen-bond donors (Lipinski definition) is 2. The highest BCUT2D eigenvalue weighted by atomic mass is 35.5. The molecule has 1 fully saturated rings. The molecule has 1 saturated carbocycles. The number of benzene rings is 1. The van der Waals surface area contributed by atoms with Crippen molar-refractivity contribution in [3.8, 4) is 0 Å². The van der Waals surface area contributed by atoms with Crippen LogP contribution in [0.2, 0.25) is 10.0 Å². The maximum atomic E-state index is 11.8. The van der Waals surface area contributed by atoms with Gasteiger partial charge in [-0.2, -0.15) is 5.10 Å². The molecule has 2 rings (SSSR count). The van der Waals surface area contributed by atoms with Crippen LogP contribution < -0.4 is 10.7 Å². The molecule has 22 heavy (non-hydrogen) atoms. The normalized spacial score (nSPS) is 15.7. The highest BCUT2D eigenvalue weighted by Gasteiger charge is 2.15. The second-order valence-electron chi connectivity index (χ2n) is 5.20. The van der Waals surface area contributed by atoms with Crippen molar-refractivity contribution in [3.63, 3.8) is 0 Å². The molecule has 0 aliphatic heterocycles. The van der Waals surface area contributed by atoms with Crippen LogP contribution in [0.4, 0.5) is 5.69 Å². The van der Waals surface area contributed by atoms with Crippen LogP contribution in [-0.2, 0) is 9.59 Å². The average molecular weight is 342 g/mol. The lowest BCUT2D eigenvalue weighted by atomic mass is 9.90. The van der Waals surface area contributed by atoms with Gasteiger partial charge in [-0.3, -0.25) is 9.59 Å². The first kappa shape index (κ1) is 16.8. The number of amides is 2. The molecule has 1 aromatic rings. The van der Waals surface area contributed by atoms with Crippen molar-refractivity contribution in [1.29, 1.82) is 0 Å². The molecule has 0 aromatic heterocycles. The standard InChI is InChI=1S/C15H17Cl2N3O2/c16-11-6-7-12(17)13(8-11)19-14(21)15(22)20-18-9-10-4-2-1-3-5-10/h6-10H,1-5H2,(H,19,21)(H,20,22)/b18-9+. The number of hydrazone groups is 1. The van der Waals surface area contributed by atoms with E-state index in [2.05, 4.69) is 15.8 Å². The van der Waals surface area contributed by atoms with Gasteiger partial charge < -0.3 is 5.32 Å². The minimum Gasteiger partial charge on any atom is -0.316 e. The Bertz CT molecular complexity index is 584. The summed E-state index contributed by atoms with van der Waals surface area (Å²) in [5.41, 5.74) is 2.51. The molecule has 1 aliphatic carbocycles. The first-order chi connectivity index (χ1) is 10.6. The van der Waals surface area contributed by atoms with Gasteiger partial charge in [0.1, 0.15) is 0 Å². The van der Waals surface area contributed by atoms with E-state index in [1.807, 2.05) is 0 Å². The molecule has 0 unspecified atom stereocenters. The molecule has 1 aromatic carbocycles. The minimum absolute atomic E-state index is 0.283. The van der Waals surface area contributed by atoms with Crippen molar-refractivity contribution in [2.75, 3.05) is 5.32 Å². The van der Waals surface area contributed by atoms with E-state index in [9.17, 15) is 9.59 Å². The molecule has 1 aliphatic rings. The second-order valence-corrected chi connectivity index (χ2v) is 6.04.